The van der Waals surface area contributed by atoms with Gasteiger partial charge >= 0.3 is 0 Å². The largest absolute Gasteiger partial charge is 0.241 e. The van der Waals surface area contributed by atoms with E-state index in [-0.39, 0.29) is 10.9 Å². The van der Waals surface area contributed by atoms with Crippen LogP contribution in [0.1, 0.15) is 38.8 Å². The van der Waals surface area contributed by atoms with Crippen LogP contribution in [0.5, 0.6) is 0 Å². The van der Waals surface area contributed by atoms with Gasteiger partial charge in [0.25, 0.3) is 0 Å². The molecule has 0 saturated heterocycles. The normalized spacial score (nSPS) is 14.1. The summed E-state index contributed by atoms with van der Waals surface area (Å²) >= 11 is 5.65. The summed E-state index contributed by atoms with van der Waals surface area (Å²) in [6.45, 7) is 5.68. The van der Waals surface area contributed by atoms with Crippen molar-refractivity contribution in [2.24, 2.45) is 0 Å². The van der Waals surface area contributed by atoms with Gasteiger partial charge in [-0.15, -0.1) is 11.6 Å². The third kappa shape index (κ3) is 2.67. The number of sulfone groups is 1. The lowest BCUT2D eigenvalue weighted by Gasteiger charge is -2.11. The number of fused-ring (bicyclic) bond motifs is 1. The van der Waals surface area contributed by atoms with Crippen molar-refractivity contribution in [1.82, 2.24) is 14.6 Å². The molecule has 7 heteroatoms. The highest BCUT2D eigenvalue weighted by Crippen LogP contribution is 2.23. The Labute approximate surface area is 123 Å². The number of hydrogen-bond donors (Lipinski definition) is 0. The van der Waals surface area contributed by atoms with Gasteiger partial charge < -0.3 is 0 Å². The second-order valence-corrected chi connectivity index (χ2v) is 7.78. The predicted molar refractivity (Wildman–Crippen MR) is 79.1 cm³/mol. The molecule has 0 bridgehead atoms. The molecule has 0 radical (unpaired) electrons. The van der Waals surface area contributed by atoms with Crippen LogP contribution in [0.25, 0.3) is 5.52 Å². The van der Waals surface area contributed by atoms with Crippen LogP contribution in [0.2, 0.25) is 0 Å². The van der Waals surface area contributed by atoms with Gasteiger partial charge in [0.05, 0.1) is 10.9 Å². The van der Waals surface area contributed by atoms with Crippen molar-refractivity contribution in [2.75, 3.05) is 5.88 Å². The van der Waals surface area contributed by atoms with E-state index in [0.717, 1.165) is 5.69 Å². The minimum absolute atomic E-state index is 0.0806. The van der Waals surface area contributed by atoms with Gasteiger partial charge in [-0.25, -0.2) is 17.9 Å². The van der Waals surface area contributed by atoms with Gasteiger partial charge in [0.2, 0.25) is 0 Å². The molecule has 5 nitrogen and oxygen atoms in total. The van der Waals surface area contributed by atoms with Crippen LogP contribution >= 0.6 is 11.6 Å². The Hall–Kier alpha value is -1.14. The minimum atomic E-state index is -3.50. The summed E-state index contributed by atoms with van der Waals surface area (Å²) in [5.41, 5.74) is 1.37. The van der Waals surface area contributed by atoms with Crippen molar-refractivity contribution in [3.63, 3.8) is 0 Å². The Kier molecular flexibility index (Phi) is 4.34. The van der Waals surface area contributed by atoms with Crippen LogP contribution in [0, 0.1) is 0 Å². The van der Waals surface area contributed by atoms with E-state index in [1.54, 1.807) is 23.7 Å². The summed E-state index contributed by atoms with van der Waals surface area (Å²) in [7, 11) is -3.50. The third-order valence-electron chi connectivity index (χ3n) is 3.28. The van der Waals surface area contributed by atoms with Crippen LogP contribution in [-0.4, -0.2) is 34.1 Å². The second kappa shape index (κ2) is 5.69. The molecule has 1 unspecified atom stereocenters. The fourth-order valence-corrected chi connectivity index (χ4v) is 3.84. The van der Waals surface area contributed by atoms with E-state index in [4.69, 9.17) is 11.6 Å². The molecule has 110 valence electrons. The number of aromatic nitrogens is 3. The molecule has 0 saturated carbocycles. The molecule has 0 N–H and O–H groups in total. The van der Waals surface area contributed by atoms with E-state index < -0.39 is 15.1 Å². The predicted octanol–water partition coefficient (Wildman–Crippen LogP) is 2.64. The van der Waals surface area contributed by atoms with Gasteiger partial charge in [-0.05, 0) is 25.3 Å². The molecule has 0 aliphatic carbocycles. The maximum atomic E-state index is 12.6. The zero-order valence-corrected chi connectivity index (χ0v) is 13.3. The number of rotatable bonds is 5. The van der Waals surface area contributed by atoms with Crippen molar-refractivity contribution in [3.05, 3.63) is 24.2 Å². The molecule has 2 heterocycles. The molecular weight excluding hydrogens is 298 g/mol. The zero-order chi connectivity index (χ0) is 14.9. The number of hydrogen-bond acceptors (Lipinski definition) is 4. The summed E-state index contributed by atoms with van der Waals surface area (Å²) in [5.74, 6) is 0.533. The molecule has 0 fully saturated rings. The summed E-state index contributed by atoms with van der Waals surface area (Å²) in [5, 5.41) is 3.90. The van der Waals surface area contributed by atoms with Crippen LogP contribution in [0.3, 0.4) is 0 Å². The third-order valence-corrected chi connectivity index (χ3v) is 5.65. The van der Waals surface area contributed by atoms with Gasteiger partial charge in [-0.3, -0.25) is 0 Å². The van der Waals surface area contributed by atoms with Crippen LogP contribution in [0.15, 0.2) is 23.5 Å². The molecule has 0 aromatic carbocycles. The highest BCUT2D eigenvalue weighted by Gasteiger charge is 2.27. The number of alkyl halides is 1. The van der Waals surface area contributed by atoms with E-state index >= 15 is 0 Å². The van der Waals surface area contributed by atoms with E-state index in [1.807, 2.05) is 13.8 Å². The van der Waals surface area contributed by atoms with Crippen LogP contribution in [-0.2, 0) is 9.84 Å². The lowest BCUT2D eigenvalue weighted by molar-refractivity contribution is 0.577. The summed E-state index contributed by atoms with van der Waals surface area (Å²) in [6.07, 6.45) is 3.52. The second-order valence-electron chi connectivity index (χ2n) is 5.12. The number of halogens is 1. The first-order chi connectivity index (χ1) is 9.37. The Balaban J connectivity index is 2.60. The van der Waals surface area contributed by atoms with Gasteiger partial charge in [0.1, 0.15) is 5.52 Å². The molecule has 2 aromatic rings. The van der Waals surface area contributed by atoms with Crippen molar-refractivity contribution in [3.8, 4) is 0 Å². The Morgan fingerprint density at radius 3 is 2.65 bits per heavy atom. The molecule has 2 rings (SSSR count). The van der Waals surface area contributed by atoms with E-state index in [2.05, 4.69) is 10.1 Å². The lowest BCUT2D eigenvalue weighted by Crippen LogP contribution is -2.20. The van der Waals surface area contributed by atoms with E-state index in [9.17, 15) is 8.42 Å². The lowest BCUT2D eigenvalue weighted by atomic mass is 10.1. The minimum Gasteiger partial charge on any atom is -0.241 e. The fourth-order valence-electron chi connectivity index (χ4n) is 1.92. The molecule has 0 aliphatic rings. The molecule has 0 amide bonds. The van der Waals surface area contributed by atoms with Crippen LogP contribution in [0.4, 0.5) is 0 Å². The fraction of sp³-hybridized carbons (Fsp3) is 0.538. The Bertz CT molecular complexity index is 709. The molecule has 1 atom stereocenters. The average molecular weight is 316 g/mol. The summed E-state index contributed by atoms with van der Waals surface area (Å²) in [6, 6.07) is 1.79. The van der Waals surface area contributed by atoms with E-state index in [1.165, 1.54) is 6.20 Å². The standard InChI is InChI=1S/C13H18ClN3O2S/c1-9(2)11-8-12-13(15-6-7-17(12)16-11)20(18,19)10(3)4-5-14/h6-10H,4-5H2,1-3H3. The maximum Gasteiger partial charge on any atom is 0.200 e. The van der Waals surface area contributed by atoms with Gasteiger partial charge in [0, 0.05) is 18.3 Å². The van der Waals surface area contributed by atoms with Gasteiger partial charge in [-0.1, -0.05) is 13.8 Å². The maximum absolute atomic E-state index is 12.6. The van der Waals surface area contributed by atoms with Crippen molar-refractivity contribution >= 4 is 27.0 Å². The molecule has 0 spiro atoms. The zero-order valence-electron chi connectivity index (χ0n) is 11.7. The van der Waals surface area contributed by atoms with Crippen molar-refractivity contribution < 1.29 is 8.42 Å². The summed E-state index contributed by atoms with van der Waals surface area (Å²) in [4.78, 5) is 4.06. The van der Waals surface area contributed by atoms with Crippen molar-refractivity contribution in [2.45, 2.75) is 43.4 Å². The first-order valence-electron chi connectivity index (χ1n) is 6.52. The number of nitrogens with zero attached hydrogens (tertiary/aromatic N) is 3. The highest BCUT2D eigenvalue weighted by molar-refractivity contribution is 7.92. The van der Waals surface area contributed by atoms with E-state index in [0.29, 0.717) is 17.8 Å². The van der Waals surface area contributed by atoms with Crippen LogP contribution < -0.4 is 0 Å². The molecule has 2 aromatic heterocycles. The van der Waals surface area contributed by atoms with Gasteiger partial charge in [0.15, 0.2) is 14.9 Å². The molecular formula is C13H18ClN3O2S. The quantitative estimate of drug-likeness (QED) is 0.796. The Morgan fingerprint density at radius 1 is 1.35 bits per heavy atom. The molecule has 20 heavy (non-hydrogen) atoms. The Morgan fingerprint density at radius 2 is 2.05 bits per heavy atom. The summed E-state index contributed by atoms with van der Waals surface area (Å²) < 4.78 is 26.7. The first-order valence-corrected chi connectivity index (χ1v) is 8.60. The highest BCUT2D eigenvalue weighted by atomic mass is 35.5. The molecule has 0 aliphatic heterocycles. The average Bonchev–Trinajstić information content (AvgIpc) is 2.82. The first kappa shape index (κ1) is 15.3. The monoisotopic (exact) mass is 315 g/mol. The van der Waals surface area contributed by atoms with Gasteiger partial charge in [-0.2, -0.15) is 5.10 Å². The topological polar surface area (TPSA) is 64.3 Å². The SMILES string of the molecule is CC(C)c1cc2c(S(=O)(=O)C(C)CCCl)nccn2n1. The smallest absolute Gasteiger partial charge is 0.200 e. The van der Waals surface area contributed by atoms with Crippen molar-refractivity contribution in [1.29, 1.82) is 0 Å².